The number of alkyl halides is 3. The van der Waals surface area contributed by atoms with Crippen LogP contribution >= 0.6 is 0 Å². The third kappa shape index (κ3) is 4.85. The lowest BCUT2D eigenvalue weighted by Gasteiger charge is -2.14. The van der Waals surface area contributed by atoms with Crippen LogP contribution in [-0.4, -0.2) is 49.1 Å². The van der Waals surface area contributed by atoms with Gasteiger partial charge in [0.05, 0.1) is 31.6 Å². The van der Waals surface area contributed by atoms with E-state index in [-0.39, 0.29) is 24.2 Å². The number of H-pyrrole nitrogens is 1. The molecule has 6 rings (SSSR count). The molecule has 4 heterocycles. The number of rotatable bonds is 8. The fourth-order valence-electron chi connectivity index (χ4n) is 4.34. The summed E-state index contributed by atoms with van der Waals surface area (Å²) in [7, 11) is 3.00. The van der Waals surface area contributed by atoms with E-state index in [2.05, 4.69) is 24.9 Å². The number of hydrogen-bond acceptors (Lipinski definition) is 9. The molecular weight excluding hydrogens is 527 g/mol. The van der Waals surface area contributed by atoms with Crippen molar-refractivity contribution in [3.05, 3.63) is 66.0 Å². The Balaban J connectivity index is 1.34. The summed E-state index contributed by atoms with van der Waals surface area (Å²) in [5.74, 6) is 1.72. The van der Waals surface area contributed by atoms with Crippen LogP contribution in [0.5, 0.6) is 17.5 Å². The highest BCUT2D eigenvalue weighted by Gasteiger charge is 2.33. The van der Waals surface area contributed by atoms with Crippen LogP contribution in [0.4, 0.5) is 13.2 Å². The smallest absolute Gasteiger partial charge is 0.432 e. The minimum atomic E-state index is -4.52. The molecule has 1 aliphatic rings. The van der Waals surface area contributed by atoms with Crippen LogP contribution in [0.15, 0.2) is 49.1 Å². The highest BCUT2D eigenvalue weighted by Crippen LogP contribution is 2.45. The van der Waals surface area contributed by atoms with E-state index in [1.54, 1.807) is 36.5 Å². The lowest BCUT2D eigenvalue weighted by Crippen LogP contribution is -2.06. The predicted octanol–water partition coefficient (Wildman–Crippen LogP) is 5.36. The van der Waals surface area contributed by atoms with Gasteiger partial charge in [-0.05, 0) is 31.0 Å². The van der Waals surface area contributed by atoms with E-state index in [4.69, 9.17) is 24.2 Å². The number of methoxy groups -OCH3 is 2. The Bertz CT molecular complexity index is 1700. The van der Waals surface area contributed by atoms with E-state index in [0.29, 0.717) is 45.2 Å². The van der Waals surface area contributed by atoms with E-state index in [9.17, 15) is 13.2 Å². The van der Waals surface area contributed by atoms with Crippen molar-refractivity contribution in [1.82, 2.24) is 34.9 Å². The van der Waals surface area contributed by atoms with Crippen molar-refractivity contribution >= 4 is 11.0 Å². The molecule has 0 atom stereocenters. The molecule has 0 unspecified atom stereocenters. The average Bonchev–Trinajstić information content (AvgIpc) is 3.69. The molecule has 0 radical (unpaired) electrons. The molecule has 0 saturated heterocycles. The third-order valence-electron chi connectivity index (χ3n) is 6.45. The first-order chi connectivity index (χ1) is 19.4. The molecule has 0 spiro atoms. The topological polar surface area (TPSA) is 121 Å². The molecule has 1 fully saturated rings. The number of halogens is 3. The molecule has 40 heavy (non-hydrogen) atoms. The van der Waals surface area contributed by atoms with Gasteiger partial charge in [0.2, 0.25) is 11.8 Å². The van der Waals surface area contributed by atoms with Crippen molar-refractivity contribution in [2.75, 3.05) is 14.2 Å². The van der Waals surface area contributed by atoms with Crippen molar-refractivity contribution in [2.45, 2.75) is 31.5 Å². The molecule has 0 amide bonds. The number of nitrogens with one attached hydrogen (secondary N) is 1. The quantitative estimate of drug-likeness (QED) is 0.272. The zero-order valence-electron chi connectivity index (χ0n) is 21.4. The van der Waals surface area contributed by atoms with Gasteiger partial charge in [-0.1, -0.05) is 12.1 Å². The lowest BCUT2D eigenvalue weighted by molar-refractivity contribution is -0.140. The number of fused-ring (bicyclic) bond motifs is 1. The van der Waals surface area contributed by atoms with Crippen LogP contribution in [0.2, 0.25) is 0 Å². The third-order valence-corrected chi connectivity index (χ3v) is 6.45. The van der Waals surface area contributed by atoms with Crippen molar-refractivity contribution in [1.29, 1.82) is 0 Å². The first-order valence-electron chi connectivity index (χ1n) is 12.3. The number of aromatic amines is 1. The number of aromatic nitrogens is 7. The summed E-state index contributed by atoms with van der Waals surface area (Å²) < 4.78 is 56.2. The van der Waals surface area contributed by atoms with Gasteiger partial charge < -0.3 is 19.2 Å². The molecule has 4 aromatic heterocycles. The number of benzene rings is 1. The first-order valence-corrected chi connectivity index (χ1v) is 12.3. The molecule has 13 heteroatoms. The van der Waals surface area contributed by atoms with Gasteiger partial charge in [-0.2, -0.15) is 18.2 Å². The maximum atomic E-state index is 13.0. The number of imidazole rings is 1. The van der Waals surface area contributed by atoms with Gasteiger partial charge in [-0.25, -0.2) is 24.9 Å². The van der Waals surface area contributed by atoms with E-state index in [0.717, 1.165) is 24.7 Å². The highest BCUT2D eigenvalue weighted by atomic mass is 19.4. The zero-order chi connectivity index (χ0) is 27.9. The fourth-order valence-corrected chi connectivity index (χ4v) is 4.34. The summed E-state index contributed by atoms with van der Waals surface area (Å²) in [4.78, 5) is 28.7. The van der Waals surface area contributed by atoms with Crippen LogP contribution in [0.25, 0.3) is 33.8 Å². The van der Waals surface area contributed by atoms with Crippen molar-refractivity contribution < 1.29 is 27.4 Å². The standard InChI is InChI=1S/C27H22F3N7O3/c1-38-18-10-15(23-32-11-19(36-23)27(28,29)30)7-8-16(18)12-40-26-22-17(4-3-9-31-22)35-24(37-26)20-21(14-5-6-14)33-13-34-25(20)39-2/h3-4,7-11,13-14H,5-6,12H2,1-2H3,(H,32,36). The predicted molar refractivity (Wildman–Crippen MR) is 137 cm³/mol. The number of pyridine rings is 1. The summed E-state index contributed by atoms with van der Waals surface area (Å²) in [5, 5.41) is 0. The van der Waals surface area contributed by atoms with Crippen LogP contribution in [0, 0.1) is 0 Å². The van der Waals surface area contributed by atoms with Crippen LogP contribution in [0.3, 0.4) is 0 Å². The average molecular weight is 550 g/mol. The van der Waals surface area contributed by atoms with E-state index in [1.807, 2.05) is 0 Å². The summed E-state index contributed by atoms with van der Waals surface area (Å²) in [6.45, 7) is 0.0371. The molecule has 10 nitrogen and oxygen atoms in total. The maximum Gasteiger partial charge on any atom is 0.432 e. The molecule has 0 aliphatic heterocycles. The Morgan fingerprint density at radius 1 is 0.975 bits per heavy atom. The van der Waals surface area contributed by atoms with Gasteiger partial charge in [-0.3, -0.25) is 0 Å². The number of hydrogen-bond donors (Lipinski definition) is 1. The Kier molecular flexibility index (Phi) is 6.40. The Morgan fingerprint density at radius 2 is 1.82 bits per heavy atom. The number of ether oxygens (including phenoxy) is 3. The van der Waals surface area contributed by atoms with Gasteiger partial charge in [-0.15, -0.1) is 0 Å². The molecule has 1 N–H and O–H groups in total. The molecule has 5 aromatic rings. The Labute approximate surface area is 225 Å². The molecular formula is C27H22F3N7O3. The summed E-state index contributed by atoms with van der Waals surface area (Å²) in [6.07, 6.45) is 1.34. The number of nitrogens with zero attached hydrogens (tertiary/aromatic N) is 6. The fraction of sp³-hybridized carbons (Fsp3) is 0.259. The van der Waals surface area contributed by atoms with Crippen LogP contribution in [0.1, 0.15) is 35.7 Å². The van der Waals surface area contributed by atoms with Gasteiger partial charge >= 0.3 is 6.18 Å². The minimum absolute atomic E-state index is 0.0371. The monoisotopic (exact) mass is 549 g/mol. The maximum absolute atomic E-state index is 13.0. The molecule has 204 valence electrons. The second kappa shape index (κ2) is 10.1. The van der Waals surface area contributed by atoms with Crippen LogP contribution in [-0.2, 0) is 12.8 Å². The molecule has 0 bridgehead atoms. The van der Waals surface area contributed by atoms with Gasteiger partial charge in [0.25, 0.3) is 0 Å². The largest absolute Gasteiger partial charge is 0.496 e. The van der Waals surface area contributed by atoms with Crippen molar-refractivity contribution in [3.63, 3.8) is 0 Å². The molecule has 1 aromatic carbocycles. The molecule has 1 aliphatic carbocycles. The summed E-state index contributed by atoms with van der Waals surface area (Å²) in [5.41, 5.74) is 2.59. The summed E-state index contributed by atoms with van der Waals surface area (Å²) >= 11 is 0. The zero-order valence-corrected chi connectivity index (χ0v) is 21.4. The van der Waals surface area contributed by atoms with E-state index >= 15 is 0 Å². The second-order valence-corrected chi connectivity index (χ2v) is 9.10. The van der Waals surface area contributed by atoms with Crippen LogP contribution < -0.4 is 14.2 Å². The van der Waals surface area contributed by atoms with Gasteiger partial charge in [0.15, 0.2) is 11.3 Å². The lowest BCUT2D eigenvalue weighted by atomic mass is 10.1. The first kappa shape index (κ1) is 25.5. The second-order valence-electron chi connectivity index (χ2n) is 9.10. The van der Waals surface area contributed by atoms with Gasteiger partial charge in [0, 0.05) is 23.2 Å². The highest BCUT2D eigenvalue weighted by molar-refractivity contribution is 5.82. The summed E-state index contributed by atoms with van der Waals surface area (Å²) in [6, 6.07) is 8.50. The Morgan fingerprint density at radius 3 is 2.55 bits per heavy atom. The van der Waals surface area contributed by atoms with Crippen molar-refractivity contribution in [3.8, 4) is 40.3 Å². The van der Waals surface area contributed by atoms with E-state index in [1.165, 1.54) is 20.5 Å². The van der Waals surface area contributed by atoms with E-state index < -0.39 is 11.9 Å². The normalized spacial score (nSPS) is 13.4. The van der Waals surface area contributed by atoms with Crippen molar-refractivity contribution in [2.24, 2.45) is 0 Å². The minimum Gasteiger partial charge on any atom is -0.496 e. The molecule has 1 saturated carbocycles. The van der Waals surface area contributed by atoms with Gasteiger partial charge in [0.1, 0.15) is 35.8 Å². The SMILES string of the molecule is COc1cc(-c2ncc(C(F)(F)F)[nH]2)ccc1COc1nc(-c2c(OC)ncnc2C2CC2)nc2cccnc12. The Hall–Kier alpha value is -4.81.